The Labute approximate surface area is 102 Å². The van der Waals surface area contributed by atoms with Crippen molar-refractivity contribution in [3.8, 4) is 0 Å². The molecule has 0 spiro atoms. The molecule has 3 unspecified atom stereocenters. The maximum atomic E-state index is 2.77. The predicted octanol–water partition coefficient (Wildman–Crippen LogP) is 4.81. The Kier molecular flexibility index (Phi) is 3.45. The predicted molar refractivity (Wildman–Crippen MR) is 70.9 cm³/mol. The highest BCUT2D eigenvalue weighted by Crippen LogP contribution is 2.50. The first-order valence-electron chi connectivity index (χ1n) is 6.31. The van der Waals surface area contributed by atoms with Crippen LogP contribution < -0.4 is 0 Å². The van der Waals surface area contributed by atoms with E-state index in [0.29, 0.717) is 3.42 Å². The van der Waals surface area contributed by atoms with Crippen LogP contribution in [0.4, 0.5) is 0 Å². The highest BCUT2D eigenvalue weighted by atomic mass is 127. The smallest absolute Gasteiger partial charge is 0.0248 e. The Bertz CT molecular complexity index is 199. The molecule has 0 saturated heterocycles. The Balaban J connectivity index is 2.02. The van der Waals surface area contributed by atoms with E-state index in [2.05, 4.69) is 36.4 Å². The number of rotatable bonds is 1. The SMILES string of the molecule is CC(C)C1(I)CCC2CCCCC2C1. The van der Waals surface area contributed by atoms with Gasteiger partial charge in [-0.05, 0) is 37.0 Å². The number of halogens is 1. The molecule has 2 saturated carbocycles. The summed E-state index contributed by atoms with van der Waals surface area (Å²) in [6, 6.07) is 0. The first-order valence-corrected chi connectivity index (χ1v) is 7.38. The molecular weight excluding hydrogens is 283 g/mol. The fraction of sp³-hybridized carbons (Fsp3) is 1.00. The lowest BCUT2D eigenvalue weighted by atomic mass is 9.65. The number of hydrogen-bond donors (Lipinski definition) is 0. The van der Waals surface area contributed by atoms with E-state index >= 15 is 0 Å². The fourth-order valence-corrected chi connectivity index (χ4v) is 4.30. The summed E-state index contributed by atoms with van der Waals surface area (Å²) >= 11 is 2.77. The number of hydrogen-bond acceptors (Lipinski definition) is 0. The van der Waals surface area contributed by atoms with Gasteiger partial charge in [0.2, 0.25) is 0 Å². The first kappa shape index (κ1) is 11.2. The minimum Gasteiger partial charge on any atom is -0.0786 e. The van der Waals surface area contributed by atoms with Crippen molar-refractivity contribution in [3.63, 3.8) is 0 Å². The molecule has 2 rings (SSSR count). The molecule has 3 atom stereocenters. The highest BCUT2D eigenvalue weighted by molar-refractivity contribution is 14.1. The zero-order chi connectivity index (χ0) is 10.2. The number of fused-ring (bicyclic) bond motifs is 1. The molecule has 0 aliphatic heterocycles. The van der Waals surface area contributed by atoms with Gasteiger partial charge in [0.25, 0.3) is 0 Å². The van der Waals surface area contributed by atoms with Crippen LogP contribution in [0.2, 0.25) is 0 Å². The van der Waals surface area contributed by atoms with Crippen molar-refractivity contribution in [1.29, 1.82) is 0 Å². The molecule has 1 heteroatoms. The Morgan fingerprint density at radius 1 is 1.07 bits per heavy atom. The van der Waals surface area contributed by atoms with Crippen LogP contribution in [0, 0.1) is 17.8 Å². The molecule has 0 aromatic carbocycles. The van der Waals surface area contributed by atoms with Gasteiger partial charge >= 0.3 is 0 Å². The van der Waals surface area contributed by atoms with E-state index in [1.165, 1.54) is 44.9 Å². The topological polar surface area (TPSA) is 0 Å². The quantitative estimate of drug-likeness (QED) is 0.482. The summed E-state index contributed by atoms with van der Waals surface area (Å²) < 4.78 is 0.635. The Hall–Kier alpha value is 0.730. The molecule has 2 aliphatic rings. The lowest BCUT2D eigenvalue weighted by Crippen LogP contribution is -2.39. The number of alkyl halides is 1. The van der Waals surface area contributed by atoms with Crippen LogP contribution in [0.15, 0.2) is 0 Å². The third-order valence-corrected chi connectivity index (χ3v) is 6.86. The van der Waals surface area contributed by atoms with Crippen molar-refractivity contribution in [2.24, 2.45) is 17.8 Å². The summed E-state index contributed by atoms with van der Waals surface area (Å²) in [4.78, 5) is 0. The van der Waals surface area contributed by atoms with Gasteiger partial charge < -0.3 is 0 Å². The Morgan fingerprint density at radius 3 is 2.36 bits per heavy atom. The van der Waals surface area contributed by atoms with Gasteiger partial charge in [0.15, 0.2) is 0 Å². The lowest BCUT2D eigenvalue weighted by Gasteiger charge is -2.46. The van der Waals surface area contributed by atoms with E-state index in [1.807, 2.05) is 0 Å². The normalized spacial score (nSPS) is 43.7. The second-order valence-electron chi connectivity index (χ2n) is 5.74. The van der Waals surface area contributed by atoms with Crippen molar-refractivity contribution < 1.29 is 0 Å². The van der Waals surface area contributed by atoms with Crippen molar-refractivity contribution in [2.45, 2.75) is 62.2 Å². The van der Waals surface area contributed by atoms with Crippen LogP contribution in [0.25, 0.3) is 0 Å². The van der Waals surface area contributed by atoms with Crippen LogP contribution in [-0.2, 0) is 0 Å². The van der Waals surface area contributed by atoms with Crippen LogP contribution >= 0.6 is 22.6 Å². The molecule has 2 aliphatic carbocycles. The van der Waals surface area contributed by atoms with Gasteiger partial charge in [0.05, 0.1) is 0 Å². The monoisotopic (exact) mass is 306 g/mol. The van der Waals surface area contributed by atoms with E-state index in [1.54, 1.807) is 0 Å². The Morgan fingerprint density at radius 2 is 1.71 bits per heavy atom. The fourth-order valence-electron chi connectivity index (χ4n) is 3.42. The van der Waals surface area contributed by atoms with E-state index in [0.717, 1.165) is 17.8 Å². The van der Waals surface area contributed by atoms with Crippen LogP contribution in [0.3, 0.4) is 0 Å². The molecular formula is C13H23I. The van der Waals surface area contributed by atoms with Gasteiger partial charge in [0, 0.05) is 3.42 Å². The standard InChI is InChI=1S/C13H23I/c1-10(2)13(14)8-7-11-5-3-4-6-12(11)9-13/h10-12H,3-9H2,1-2H3. The molecule has 82 valence electrons. The minimum absolute atomic E-state index is 0.635. The van der Waals surface area contributed by atoms with E-state index in [-0.39, 0.29) is 0 Å². The van der Waals surface area contributed by atoms with Crippen molar-refractivity contribution in [2.75, 3.05) is 0 Å². The van der Waals surface area contributed by atoms with Crippen LogP contribution in [0.5, 0.6) is 0 Å². The van der Waals surface area contributed by atoms with Crippen molar-refractivity contribution >= 4 is 22.6 Å². The van der Waals surface area contributed by atoms with Crippen molar-refractivity contribution in [1.82, 2.24) is 0 Å². The summed E-state index contributed by atoms with van der Waals surface area (Å²) in [6.07, 6.45) is 10.6. The molecule has 2 fully saturated rings. The zero-order valence-corrected chi connectivity index (χ0v) is 11.7. The zero-order valence-electron chi connectivity index (χ0n) is 9.56. The third kappa shape index (κ3) is 2.12. The molecule has 0 amide bonds. The third-order valence-electron chi connectivity index (χ3n) is 4.63. The van der Waals surface area contributed by atoms with Gasteiger partial charge in [0.1, 0.15) is 0 Å². The molecule has 0 bridgehead atoms. The largest absolute Gasteiger partial charge is 0.0786 e. The van der Waals surface area contributed by atoms with Crippen molar-refractivity contribution in [3.05, 3.63) is 0 Å². The molecule has 0 N–H and O–H groups in total. The second kappa shape index (κ2) is 4.31. The molecule has 0 aromatic heterocycles. The summed E-state index contributed by atoms with van der Waals surface area (Å²) in [5.41, 5.74) is 0. The van der Waals surface area contributed by atoms with Crippen LogP contribution in [-0.4, -0.2) is 3.42 Å². The average Bonchev–Trinajstić information content (AvgIpc) is 2.17. The van der Waals surface area contributed by atoms with E-state index < -0.39 is 0 Å². The van der Waals surface area contributed by atoms with Gasteiger partial charge in [-0.3, -0.25) is 0 Å². The molecule has 0 heterocycles. The van der Waals surface area contributed by atoms with Crippen LogP contribution in [0.1, 0.15) is 58.8 Å². The van der Waals surface area contributed by atoms with Gasteiger partial charge in [-0.1, -0.05) is 62.1 Å². The van der Waals surface area contributed by atoms with Gasteiger partial charge in [-0.25, -0.2) is 0 Å². The molecule has 0 nitrogen and oxygen atoms in total. The molecule has 14 heavy (non-hydrogen) atoms. The van der Waals surface area contributed by atoms with Gasteiger partial charge in [-0.2, -0.15) is 0 Å². The summed E-state index contributed by atoms with van der Waals surface area (Å²) in [7, 11) is 0. The summed E-state index contributed by atoms with van der Waals surface area (Å²) in [5, 5.41) is 0. The highest BCUT2D eigenvalue weighted by Gasteiger charge is 2.41. The lowest BCUT2D eigenvalue weighted by molar-refractivity contribution is 0.133. The maximum absolute atomic E-state index is 2.77. The maximum Gasteiger partial charge on any atom is 0.0248 e. The van der Waals surface area contributed by atoms with E-state index in [9.17, 15) is 0 Å². The summed E-state index contributed by atoms with van der Waals surface area (Å²) in [6.45, 7) is 4.82. The molecule has 0 aromatic rings. The van der Waals surface area contributed by atoms with E-state index in [4.69, 9.17) is 0 Å². The average molecular weight is 306 g/mol. The first-order chi connectivity index (χ1) is 6.62. The second-order valence-corrected chi connectivity index (χ2v) is 7.89. The van der Waals surface area contributed by atoms with Gasteiger partial charge in [-0.15, -0.1) is 0 Å². The minimum atomic E-state index is 0.635. The summed E-state index contributed by atoms with van der Waals surface area (Å²) in [5.74, 6) is 3.05. The molecule has 0 radical (unpaired) electrons.